The molecule has 0 aliphatic carbocycles. The largest absolute Gasteiger partial charge is 0.456 e. The fourth-order valence-electron chi connectivity index (χ4n) is 8.34. The zero-order chi connectivity index (χ0) is 36.3. The highest BCUT2D eigenvalue weighted by Gasteiger charge is 2.21. The first kappa shape index (κ1) is 31.2. The first-order chi connectivity index (χ1) is 27.3. The summed E-state index contributed by atoms with van der Waals surface area (Å²) < 4.78 is 13.0. The molecule has 2 aromatic heterocycles. The van der Waals surface area contributed by atoms with E-state index in [-0.39, 0.29) is 0 Å². The lowest BCUT2D eigenvalue weighted by Gasteiger charge is -2.26. The predicted molar refractivity (Wildman–Crippen MR) is 229 cm³/mol. The Bertz CT molecular complexity index is 3150. The summed E-state index contributed by atoms with van der Waals surface area (Å²) in [6.45, 7) is 0.773. The zero-order valence-electron chi connectivity index (χ0n) is 29.9. The number of nitrogens with one attached hydrogen (secondary N) is 1. The van der Waals surface area contributed by atoms with Crippen LogP contribution in [0.25, 0.3) is 82.5 Å². The van der Waals surface area contributed by atoms with Crippen molar-refractivity contribution < 1.29 is 8.83 Å². The van der Waals surface area contributed by atoms with Crippen molar-refractivity contribution in [3.63, 3.8) is 0 Å². The third-order valence-electron chi connectivity index (χ3n) is 10.9. The van der Waals surface area contributed by atoms with E-state index in [1.165, 1.54) is 21.9 Å². The Labute approximate surface area is 317 Å². The summed E-state index contributed by atoms with van der Waals surface area (Å²) in [5.41, 5.74) is 13.7. The molecule has 0 amide bonds. The van der Waals surface area contributed by atoms with Crippen molar-refractivity contribution in [1.29, 1.82) is 0 Å². The van der Waals surface area contributed by atoms with Crippen molar-refractivity contribution in [1.82, 2.24) is 5.32 Å². The lowest BCUT2D eigenvalue weighted by Crippen LogP contribution is -2.11. The van der Waals surface area contributed by atoms with Crippen LogP contribution < -0.4 is 10.2 Å². The maximum atomic E-state index is 6.86. The summed E-state index contributed by atoms with van der Waals surface area (Å²) in [6, 6.07) is 60.3. The molecule has 0 spiro atoms. The zero-order valence-corrected chi connectivity index (χ0v) is 29.9. The third-order valence-corrected chi connectivity index (χ3v) is 10.9. The van der Waals surface area contributed by atoms with Crippen LogP contribution in [0.15, 0.2) is 197 Å². The lowest BCUT2D eigenvalue weighted by molar-refractivity contribution is 0.669. The van der Waals surface area contributed by atoms with Gasteiger partial charge in [0.05, 0.1) is 0 Å². The van der Waals surface area contributed by atoms with Crippen molar-refractivity contribution in [2.75, 3.05) is 11.4 Å². The topological polar surface area (TPSA) is 41.6 Å². The summed E-state index contributed by atoms with van der Waals surface area (Å²) >= 11 is 0. The molecule has 0 saturated heterocycles. The lowest BCUT2D eigenvalue weighted by atomic mass is 9.92. The Morgan fingerprint density at radius 2 is 1.18 bits per heavy atom. The molecular weight excluding hydrogens is 673 g/mol. The van der Waals surface area contributed by atoms with Crippen LogP contribution in [0, 0.1) is 0 Å². The molecule has 0 unspecified atom stereocenters. The molecule has 8 aromatic carbocycles. The monoisotopic (exact) mass is 706 g/mol. The minimum atomic E-state index is 0.773. The number of rotatable bonds is 6. The fraction of sp³-hybridized carbons (Fsp3) is 0.0196. The van der Waals surface area contributed by atoms with Gasteiger partial charge in [-0.05, 0) is 118 Å². The van der Waals surface area contributed by atoms with Crippen LogP contribution in [0.5, 0.6) is 0 Å². The molecule has 1 aliphatic heterocycles. The number of anilines is 3. The molecule has 0 saturated carbocycles. The van der Waals surface area contributed by atoms with E-state index in [0.717, 1.165) is 89.7 Å². The Hall–Kier alpha value is -7.30. The first-order valence-corrected chi connectivity index (χ1v) is 18.7. The first-order valence-electron chi connectivity index (χ1n) is 18.7. The van der Waals surface area contributed by atoms with Crippen molar-refractivity contribution in [2.45, 2.75) is 0 Å². The van der Waals surface area contributed by atoms with Gasteiger partial charge in [0.2, 0.25) is 0 Å². The molecule has 0 radical (unpaired) electrons. The maximum absolute atomic E-state index is 6.86. The molecule has 55 heavy (non-hydrogen) atoms. The Balaban J connectivity index is 1.05. The Morgan fingerprint density at radius 1 is 0.455 bits per heavy atom. The number of para-hydroxylation sites is 2. The molecule has 1 aliphatic rings. The molecule has 0 atom stereocenters. The van der Waals surface area contributed by atoms with Gasteiger partial charge in [-0.25, -0.2) is 0 Å². The smallest absolute Gasteiger partial charge is 0.143 e. The maximum Gasteiger partial charge on any atom is 0.143 e. The molecule has 1 N–H and O–H groups in total. The minimum Gasteiger partial charge on any atom is -0.456 e. The molecule has 0 bridgehead atoms. The number of hydrogen-bond acceptors (Lipinski definition) is 4. The van der Waals surface area contributed by atoms with Crippen molar-refractivity contribution in [2.24, 2.45) is 0 Å². The summed E-state index contributed by atoms with van der Waals surface area (Å²) in [6.07, 6.45) is 6.26. The van der Waals surface area contributed by atoms with Crippen molar-refractivity contribution >= 4 is 77.3 Å². The van der Waals surface area contributed by atoms with E-state index in [2.05, 4.69) is 180 Å². The molecule has 260 valence electrons. The quantitative estimate of drug-likeness (QED) is 0.187. The highest BCUT2D eigenvalue weighted by Crippen LogP contribution is 2.45. The number of allylic oxidation sites excluding steroid dienone is 2. The van der Waals surface area contributed by atoms with Crippen LogP contribution in [0.2, 0.25) is 0 Å². The van der Waals surface area contributed by atoms with Gasteiger partial charge >= 0.3 is 0 Å². The number of nitrogens with zero attached hydrogens (tertiary/aromatic N) is 1. The fourth-order valence-corrected chi connectivity index (χ4v) is 8.34. The second kappa shape index (κ2) is 12.7. The Kier molecular flexibility index (Phi) is 7.20. The minimum absolute atomic E-state index is 0.773. The molecule has 4 nitrogen and oxygen atoms in total. The number of benzene rings is 8. The van der Waals surface area contributed by atoms with E-state index in [1.807, 2.05) is 18.3 Å². The van der Waals surface area contributed by atoms with Crippen LogP contribution in [-0.2, 0) is 0 Å². The van der Waals surface area contributed by atoms with E-state index in [1.54, 1.807) is 0 Å². The van der Waals surface area contributed by atoms with Gasteiger partial charge in [0, 0.05) is 50.7 Å². The van der Waals surface area contributed by atoms with Gasteiger partial charge in [0.1, 0.15) is 22.3 Å². The highest BCUT2D eigenvalue weighted by molar-refractivity contribution is 6.24. The summed E-state index contributed by atoms with van der Waals surface area (Å²) in [5, 5.41) is 10.3. The standard InChI is InChI=1S/C51H34N2O2/c1-2-14-38(15-3-1)53(39-25-22-33(23-26-39)34-24-27-47-45(30-34)43-18-6-7-20-46(43)54-47)40-16-8-12-35(29-40)44-31-36-11-4-5-17-41(36)50-49-42(37-13-10-28-52-32-37)19-9-21-48(49)55-51(44)50/h1-31,52H,32H2. The number of hydrogen-bond donors (Lipinski definition) is 1. The normalized spacial score (nSPS) is 12.8. The summed E-state index contributed by atoms with van der Waals surface area (Å²) in [4.78, 5) is 2.32. The molecule has 0 fully saturated rings. The van der Waals surface area contributed by atoms with Gasteiger partial charge in [-0.2, -0.15) is 0 Å². The highest BCUT2D eigenvalue weighted by atomic mass is 16.3. The van der Waals surface area contributed by atoms with Gasteiger partial charge in [0.25, 0.3) is 0 Å². The van der Waals surface area contributed by atoms with E-state index >= 15 is 0 Å². The van der Waals surface area contributed by atoms with Crippen LogP contribution in [0.1, 0.15) is 5.56 Å². The van der Waals surface area contributed by atoms with E-state index in [4.69, 9.17) is 8.83 Å². The molecule has 10 aromatic rings. The van der Waals surface area contributed by atoms with Gasteiger partial charge in [-0.3, -0.25) is 0 Å². The predicted octanol–water partition coefficient (Wildman–Crippen LogP) is 13.9. The SMILES string of the molecule is C1=CNCC(c2cccc3oc4c(-c5cccc(N(c6ccccc6)c6ccc(-c7ccc8oc9ccccc9c8c7)cc6)c5)cc5ccccc5c4c23)=C1. The van der Waals surface area contributed by atoms with Crippen LogP contribution in [0.4, 0.5) is 17.1 Å². The number of dihydropyridines is 1. The van der Waals surface area contributed by atoms with Gasteiger partial charge in [-0.15, -0.1) is 0 Å². The second-order valence-electron chi connectivity index (χ2n) is 14.1. The summed E-state index contributed by atoms with van der Waals surface area (Å²) in [7, 11) is 0. The average molecular weight is 707 g/mol. The summed E-state index contributed by atoms with van der Waals surface area (Å²) in [5.74, 6) is 0. The number of fused-ring (bicyclic) bond motifs is 8. The van der Waals surface area contributed by atoms with Gasteiger partial charge in [-0.1, -0.05) is 109 Å². The van der Waals surface area contributed by atoms with Crippen LogP contribution in [-0.4, -0.2) is 6.54 Å². The Morgan fingerprint density at radius 3 is 2.05 bits per heavy atom. The van der Waals surface area contributed by atoms with Gasteiger partial charge < -0.3 is 19.1 Å². The van der Waals surface area contributed by atoms with E-state index < -0.39 is 0 Å². The number of furan rings is 2. The third kappa shape index (κ3) is 5.22. The van der Waals surface area contributed by atoms with Crippen molar-refractivity contribution in [3.05, 3.63) is 194 Å². The van der Waals surface area contributed by atoms with Crippen LogP contribution in [0.3, 0.4) is 0 Å². The van der Waals surface area contributed by atoms with Crippen molar-refractivity contribution in [3.8, 4) is 22.3 Å². The van der Waals surface area contributed by atoms with E-state index in [0.29, 0.717) is 0 Å². The average Bonchev–Trinajstić information content (AvgIpc) is 3.84. The molecular formula is C51H34N2O2. The van der Waals surface area contributed by atoms with E-state index in [9.17, 15) is 0 Å². The molecule has 4 heteroatoms. The molecule has 3 heterocycles. The molecule has 11 rings (SSSR count). The van der Waals surface area contributed by atoms with Gasteiger partial charge in [0.15, 0.2) is 0 Å². The van der Waals surface area contributed by atoms with Crippen LogP contribution >= 0.6 is 0 Å². The second-order valence-corrected chi connectivity index (χ2v) is 14.1.